The summed E-state index contributed by atoms with van der Waals surface area (Å²) in [4.78, 5) is 19.5. The number of rotatable bonds is 4. The molecule has 0 unspecified atom stereocenters. The average molecular weight is 383 g/mol. The lowest BCUT2D eigenvalue weighted by molar-refractivity contribution is 0.112. The van der Waals surface area contributed by atoms with Gasteiger partial charge >= 0.3 is 0 Å². The zero-order valence-electron chi connectivity index (χ0n) is 14.9. The zero-order valence-corrected chi connectivity index (χ0v) is 15.7. The lowest BCUT2D eigenvalue weighted by Crippen LogP contribution is -2.31. The van der Waals surface area contributed by atoms with Crippen LogP contribution in [0.25, 0.3) is 22.3 Å². The van der Waals surface area contributed by atoms with Crippen LogP contribution in [0.1, 0.15) is 36.0 Å². The summed E-state index contributed by atoms with van der Waals surface area (Å²) in [6, 6.07) is 10.4. The molecule has 6 nitrogen and oxygen atoms in total. The van der Waals surface area contributed by atoms with Crippen LogP contribution < -0.4 is 0 Å². The van der Waals surface area contributed by atoms with Gasteiger partial charge in [0, 0.05) is 35.8 Å². The molecule has 27 heavy (non-hydrogen) atoms. The monoisotopic (exact) mass is 383 g/mol. The van der Waals surface area contributed by atoms with Gasteiger partial charge in [0.15, 0.2) is 6.29 Å². The van der Waals surface area contributed by atoms with Crippen LogP contribution in [0.4, 0.5) is 0 Å². The Bertz CT molecular complexity index is 1070. The number of carbonyl (C=O) groups is 1. The molecule has 1 aromatic carbocycles. The molecule has 0 amide bonds. The van der Waals surface area contributed by atoms with Gasteiger partial charge in [-0.3, -0.25) is 9.78 Å². The van der Waals surface area contributed by atoms with E-state index in [0.717, 1.165) is 32.0 Å². The Labute approximate surface area is 158 Å². The van der Waals surface area contributed by atoms with Gasteiger partial charge in [0.05, 0.1) is 16.3 Å². The van der Waals surface area contributed by atoms with Crippen LogP contribution in [0.15, 0.2) is 47.5 Å². The van der Waals surface area contributed by atoms with Crippen molar-refractivity contribution in [3.05, 3.63) is 48.2 Å². The fraction of sp³-hybridized carbons (Fsp3) is 0.300. The second-order valence-electron chi connectivity index (χ2n) is 6.77. The van der Waals surface area contributed by atoms with E-state index in [1.54, 1.807) is 34.8 Å². The second kappa shape index (κ2) is 7.25. The number of aromatic amines is 1. The Morgan fingerprint density at radius 3 is 2.48 bits per heavy atom. The summed E-state index contributed by atoms with van der Waals surface area (Å²) in [6.07, 6.45) is 6.30. The topological polar surface area (TPSA) is 83.1 Å². The number of sulfonamides is 1. The highest BCUT2D eigenvalue weighted by Gasteiger charge is 2.26. The summed E-state index contributed by atoms with van der Waals surface area (Å²) < 4.78 is 27.7. The van der Waals surface area contributed by atoms with Crippen molar-refractivity contribution in [3.63, 3.8) is 0 Å². The maximum absolute atomic E-state index is 13.1. The summed E-state index contributed by atoms with van der Waals surface area (Å²) in [5.41, 5.74) is 2.39. The van der Waals surface area contributed by atoms with E-state index in [-0.39, 0.29) is 4.90 Å². The third-order valence-corrected chi connectivity index (χ3v) is 6.95. The van der Waals surface area contributed by atoms with Crippen LogP contribution in [0.2, 0.25) is 0 Å². The Kier molecular flexibility index (Phi) is 4.80. The van der Waals surface area contributed by atoms with E-state index < -0.39 is 10.0 Å². The third-order valence-electron chi connectivity index (χ3n) is 5.05. The smallest absolute Gasteiger partial charge is 0.243 e. The molecule has 1 saturated heterocycles. The maximum Gasteiger partial charge on any atom is 0.243 e. The molecule has 140 valence electrons. The van der Waals surface area contributed by atoms with E-state index in [4.69, 9.17) is 0 Å². The fourth-order valence-corrected chi connectivity index (χ4v) is 5.16. The average Bonchev–Trinajstić information content (AvgIpc) is 2.85. The molecule has 0 bridgehead atoms. The summed E-state index contributed by atoms with van der Waals surface area (Å²) in [5, 5.41) is 0.599. The van der Waals surface area contributed by atoms with Crippen LogP contribution in [0.3, 0.4) is 0 Å². The molecular formula is C20H21N3O3S. The first-order chi connectivity index (χ1) is 13.1. The summed E-state index contributed by atoms with van der Waals surface area (Å²) in [5.74, 6) is 0. The van der Waals surface area contributed by atoms with Crippen LogP contribution in [-0.4, -0.2) is 42.1 Å². The van der Waals surface area contributed by atoms with E-state index in [2.05, 4.69) is 9.97 Å². The van der Waals surface area contributed by atoms with Gasteiger partial charge in [0.1, 0.15) is 0 Å². The SMILES string of the molecule is O=Cc1c(-c2ccccn2)[nH]c2ccc(S(=O)(=O)N3CCCCCC3)cc12. The minimum atomic E-state index is -3.57. The Balaban J connectivity index is 1.81. The number of hydrogen-bond donors (Lipinski definition) is 1. The van der Waals surface area contributed by atoms with Crippen LogP contribution in [-0.2, 0) is 10.0 Å². The van der Waals surface area contributed by atoms with Crippen LogP contribution >= 0.6 is 0 Å². The van der Waals surface area contributed by atoms with Gasteiger partial charge in [-0.2, -0.15) is 4.31 Å². The van der Waals surface area contributed by atoms with E-state index >= 15 is 0 Å². The number of hydrogen-bond acceptors (Lipinski definition) is 4. The molecule has 0 atom stereocenters. The van der Waals surface area contributed by atoms with E-state index in [1.807, 2.05) is 12.1 Å². The first kappa shape index (κ1) is 17.9. The number of aromatic nitrogens is 2. The van der Waals surface area contributed by atoms with Gasteiger partial charge in [0.2, 0.25) is 10.0 Å². The largest absolute Gasteiger partial charge is 0.353 e. The first-order valence-corrected chi connectivity index (χ1v) is 10.6. The molecule has 4 rings (SSSR count). The minimum absolute atomic E-state index is 0.228. The summed E-state index contributed by atoms with van der Waals surface area (Å²) in [7, 11) is -3.57. The number of benzene rings is 1. The van der Waals surface area contributed by atoms with Crippen LogP contribution in [0.5, 0.6) is 0 Å². The second-order valence-corrected chi connectivity index (χ2v) is 8.71. The molecular weight excluding hydrogens is 362 g/mol. The number of nitrogens with one attached hydrogen (secondary N) is 1. The fourth-order valence-electron chi connectivity index (χ4n) is 3.62. The van der Waals surface area contributed by atoms with Crippen molar-refractivity contribution in [2.45, 2.75) is 30.6 Å². The van der Waals surface area contributed by atoms with Gasteiger partial charge in [0.25, 0.3) is 0 Å². The number of H-pyrrole nitrogens is 1. The summed E-state index contributed by atoms with van der Waals surface area (Å²) >= 11 is 0. The molecule has 1 N–H and O–H groups in total. The highest BCUT2D eigenvalue weighted by atomic mass is 32.2. The molecule has 0 radical (unpaired) electrons. The van der Waals surface area contributed by atoms with Gasteiger partial charge in [-0.15, -0.1) is 0 Å². The molecule has 3 heterocycles. The number of aldehydes is 1. The lowest BCUT2D eigenvalue weighted by Gasteiger charge is -2.20. The standard InChI is InChI=1S/C20H21N3O3S/c24-14-17-16-13-15(27(25,26)23-11-5-1-2-6-12-23)8-9-18(16)22-20(17)19-7-3-4-10-21-19/h3-4,7-10,13-14,22H,1-2,5-6,11-12H2. The molecule has 7 heteroatoms. The number of pyridine rings is 1. The van der Waals surface area contributed by atoms with Gasteiger partial charge < -0.3 is 4.98 Å². The Hall–Kier alpha value is -2.51. The highest BCUT2D eigenvalue weighted by molar-refractivity contribution is 7.89. The zero-order chi connectivity index (χ0) is 18.9. The minimum Gasteiger partial charge on any atom is -0.353 e. The van der Waals surface area contributed by atoms with Gasteiger partial charge in [-0.05, 0) is 43.2 Å². The summed E-state index contributed by atoms with van der Waals surface area (Å²) in [6.45, 7) is 1.10. The van der Waals surface area contributed by atoms with Crippen molar-refractivity contribution >= 4 is 27.2 Å². The van der Waals surface area contributed by atoms with Crippen LogP contribution in [0, 0.1) is 0 Å². The number of fused-ring (bicyclic) bond motifs is 1. The molecule has 1 fully saturated rings. The van der Waals surface area contributed by atoms with Crippen molar-refractivity contribution < 1.29 is 13.2 Å². The van der Waals surface area contributed by atoms with Crippen molar-refractivity contribution in [2.75, 3.05) is 13.1 Å². The van der Waals surface area contributed by atoms with E-state index in [0.29, 0.717) is 40.9 Å². The first-order valence-electron chi connectivity index (χ1n) is 9.14. The van der Waals surface area contributed by atoms with Crippen molar-refractivity contribution in [1.29, 1.82) is 0 Å². The normalized spacial score (nSPS) is 16.3. The van der Waals surface area contributed by atoms with Gasteiger partial charge in [-0.1, -0.05) is 18.9 Å². The quantitative estimate of drug-likeness (QED) is 0.698. The molecule has 2 aromatic heterocycles. The van der Waals surface area contributed by atoms with Crippen molar-refractivity contribution in [3.8, 4) is 11.4 Å². The number of carbonyl (C=O) groups excluding carboxylic acids is 1. The van der Waals surface area contributed by atoms with E-state index in [1.165, 1.54) is 0 Å². The molecule has 0 spiro atoms. The molecule has 3 aromatic rings. The predicted octanol–water partition coefficient (Wildman–Crippen LogP) is 3.61. The Morgan fingerprint density at radius 2 is 1.81 bits per heavy atom. The lowest BCUT2D eigenvalue weighted by atomic mass is 10.1. The molecule has 0 saturated carbocycles. The number of nitrogens with zero attached hydrogens (tertiary/aromatic N) is 2. The third kappa shape index (κ3) is 3.28. The molecule has 1 aliphatic heterocycles. The maximum atomic E-state index is 13.1. The molecule has 0 aliphatic carbocycles. The predicted molar refractivity (Wildman–Crippen MR) is 104 cm³/mol. The molecule has 1 aliphatic rings. The van der Waals surface area contributed by atoms with E-state index in [9.17, 15) is 13.2 Å². The highest BCUT2D eigenvalue weighted by Crippen LogP contribution is 2.31. The van der Waals surface area contributed by atoms with Crippen molar-refractivity contribution in [2.24, 2.45) is 0 Å². The van der Waals surface area contributed by atoms with Gasteiger partial charge in [-0.25, -0.2) is 8.42 Å². The Morgan fingerprint density at radius 1 is 1.04 bits per heavy atom. The van der Waals surface area contributed by atoms with Crippen molar-refractivity contribution in [1.82, 2.24) is 14.3 Å².